The van der Waals surface area contributed by atoms with E-state index in [4.69, 9.17) is 21.1 Å². The molecule has 2 aliphatic heterocycles. The highest BCUT2D eigenvalue weighted by atomic mass is 35.5. The summed E-state index contributed by atoms with van der Waals surface area (Å²) < 4.78 is 10.7. The highest BCUT2D eigenvalue weighted by molar-refractivity contribution is 6.32. The van der Waals surface area contributed by atoms with Crippen LogP contribution in [0.5, 0.6) is 11.5 Å². The topological polar surface area (TPSA) is 71.0 Å². The maximum atomic E-state index is 12.0. The van der Waals surface area contributed by atoms with Gasteiger partial charge in [0.05, 0.1) is 18.2 Å². The van der Waals surface area contributed by atoms with Crippen LogP contribution in [0.4, 0.5) is 0 Å². The van der Waals surface area contributed by atoms with Crippen molar-refractivity contribution in [3.8, 4) is 11.5 Å². The number of aromatic hydroxyl groups is 1. The molecule has 1 amide bonds. The highest BCUT2D eigenvalue weighted by Gasteiger charge is 2.21. The van der Waals surface area contributed by atoms with Crippen molar-refractivity contribution in [1.82, 2.24) is 10.2 Å². The van der Waals surface area contributed by atoms with E-state index in [0.717, 1.165) is 63.9 Å². The van der Waals surface area contributed by atoms with Crippen molar-refractivity contribution in [3.63, 3.8) is 0 Å². The predicted octanol–water partition coefficient (Wildman–Crippen LogP) is 3.34. The average Bonchev–Trinajstić information content (AvgIpc) is 3.22. The molecule has 7 heteroatoms. The number of phenols is 1. The van der Waals surface area contributed by atoms with Gasteiger partial charge >= 0.3 is 0 Å². The number of hydrogen-bond donors (Lipinski definition) is 2. The van der Waals surface area contributed by atoms with Crippen molar-refractivity contribution in [2.24, 2.45) is 5.92 Å². The van der Waals surface area contributed by atoms with E-state index in [2.05, 4.69) is 10.2 Å². The molecule has 6 nitrogen and oxygen atoms in total. The number of halogens is 1. The number of rotatable bonds is 8. The highest BCUT2D eigenvalue weighted by Crippen LogP contribution is 2.35. The van der Waals surface area contributed by atoms with Gasteiger partial charge in [0, 0.05) is 26.1 Å². The minimum atomic E-state index is -0.00982. The zero-order chi connectivity index (χ0) is 19.9. The van der Waals surface area contributed by atoms with Crippen LogP contribution in [0.15, 0.2) is 12.1 Å². The molecule has 3 rings (SSSR count). The smallest absolute Gasteiger partial charge is 0.220 e. The molecule has 28 heavy (non-hydrogen) atoms. The Bertz CT molecular complexity index is 656. The summed E-state index contributed by atoms with van der Waals surface area (Å²) in [5.41, 5.74) is 1.03. The number of benzene rings is 1. The fourth-order valence-electron chi connectivity index (χ4n) is 4.02. The van der Waals surface area contributed by atoms with Crippen LogP contribution >= 0.6 is 11.6 Å². The number of nitrogens with one attached hydrogen (secondary N) is 1. The van der Waals surface area contributed by atoms with Crippen LogP contribution in [-0.4, -0.2) is 55.4 Å². The first-order valence-electron chi connectivity index (χ1n) is 10.2. The van der Waals surface area contributed by atoms with E-state index in [1.54, 1.807) is 6.07 Å². The summed E-state index contributed by atoms with van der Waals surface area (Å²) in [7, 11) is 1.53. The number of amides is 1. The van der Waals surface area contributed by atoms with Crippen LogP contribution in [0.1, 0.15) is 44.1 Å². The van der Waals surface area contributed by atoms with Crippen LogP contribution in [0.25, 0.3) is 0 Å². The van der Waals surface area contributed by atoms with E-state index in [1.807, 2.05) is 6.07 Å². The quantitative estimate of drug-likeness (QED) is 0.687. The maximum Gasteiger partial charge on any atom is 0.220 e. The van der Waals surface area contributed by atoms with Crippen LogP contribution in [0.3, 0.4) is 0 Å². The molecular weight excluding hydrogens is 380 g/mol. The molecule has 2 aliphatic rings. The van der Waals surface area contributed by atoms with Crippen molar-refractivity contribution in [1.29, 1.82) is 0 Å². The summed E-state index contributed by atoms with van der Waals surface area (Å²) in [5.74, 6) is 1.14. The van der Waals surface area contributed by atoms with E-state index in [1.165, 1.54) is 7.11 Å². The second-order valence-corrected chi connectivity index (χ2v) is 8.23. The minimum absolute atomic E-state index is 0.00982. The largest absolute Gasteiger partial charge is 0.503 e. The Morgan fingerprint density at radius 3 is 2.82 bits per heavy atom. The molecule has 0 bridgehead atoms. The lowest BCUT2D eigenvalue weighted by molar-refractivity contribution is -0.122. The molecular formula is C21H31ClN2O4. The van der Waals surface area contributed by atoms with E-state index < -0.39 is 0 Å². The minimum Gasteiger partial charge on any atom is -0.503 e. The van der Waals surface area contributed by atoms with Gasteiger partial charge < -0.3 is 19.9 Å². The van der Waals surface area contributed by atoms with Crippen molar-refractivity contribution >= 4 is 17.5 Å². The number of methoxy groups -OCH3 is 1. The number of carbonyl (C=O) groups is 1. The summed E-state index contributed by atoms with van der Waals surface area (Å²) >= 11 is 6.08. The third kappa shape index (κ3) is 6.00. The van der Waals surface area contributed by atoms with Gasteiger partial charge in [-0.25, -0.2) is 0 Å². The van der Waals surface area contributed by atoms with Gasteiger partial charge in [-0.1, -0.05) is 11.6 Å². The molecule has 2 fully saturated rings. The van der Waals surface area contributed by atoms with E-state index in [0.29, 0.717) is 29.7 Å². The number of phenolic OH excluding ortho intramolecular Hbond substituents is 1. The van der Waals surface area contributed by atoms with Crippen LogP contribution < -0.4 is 10.1 Å². The summed E-state index contributed by atoms with van der Waals surface area (Å²) in [5, 5.41) is 13.2. The second-order valence-electron chi connectivity index (χ2n) is 7.83. The lowest BCUT2D eigenvalue weighted by atomic mass is 9.92. The number of ether oxygens (including phenoxy) is 2. The van der Waals surface area contributed by atoms with Crippen LogP contribution in [-0.2, 0) is 16.1 Å². The Morgan fingerprint density at radius 1 is 1.36 bits per heavy atom. The number of likely N-dealkylation sites (tertiary alicyclic amines) is 1. The first-order valence-corrected chi connectivity index (χ1v) is 10.6. The van der Waals surface area contributed by atoms with Gasteiger partial charge in [-0.3, -0.25) is 9.69 Å². The zero-order valence-corrected chi connectivity index (χ0v) is 17.3. The summed E-state index contributed by atoms with van der Waals surface area (Å²) in [6.07, 6.45) is 6.11. The van der Waals surface area contributed by atoms with E-state index in [-0.39, 0.29) is 17.8 Å². The third-order valence-electron chi connectivity index (χ3n) is 5.75. The number of carbonyl (C=O) groups excluding carboxylic acids is 1. The number of piperidine rings is 1. The SMILES string of the molecule is COc1cc(CN2CCC(CCC(=O)NC[C@H]3CCCO3)CC2)cc(Cl)c1O. The summed E-state index contributed by atoms with van der Waals surface area (Å²) in [6.45, 7) is 4.26. The van der Waals surface area contributed by atoms with Crippen LogP contribution in [0.2, 0.25) is 5.02 Å². The Kier molecular flexibility index (Phi) is 7.82. The van der Waals surface area contributed by atoms with Crippen molar-refractivity contribution in [2.45, 2.75) is 51.2 Å². The Morgan fingerprint density at radius 2 is 2.14 bits per heavy atom. The van der Waals surface area contributed by atoms with E-state index in [9.17, 15) is 9.90 Å². The van der Waals surface area contributed by atoms with Gasteiger partial charge in [0.2, 0.25) is 5.91 Å². The molecule has 0 saturated carbocycles. The van der Waals surface area contributed by atoms with E-state index >= 15 is 0 Å². The molecule has 1 aromatic carbocycles. The standard InChI is InChI=1S/C21H31ClN2O4/c1-27-19-12-16(11-18(22)21(19)26)14-24-8-6-15(7-9-24)4-5-20(25)23-13-17-3-2-10-28-17/h11-12,15,17,26H,2-10,13-14H2,1H3,(H,23,25)/t17-/m1/s1. The third-order valence-corrected chi connectivity index (χ3v) is 6.04. The molecule has 0 aliphatic carbocycles. The normalized spacial score (nSPS) is 21.0. The molecule has 0 aromatic heterocycles. The molecule has 0 spiro atoms. The van der Waals surface area contributed by atoms with Gasteiger partial charge in [0.15, 0.2) is 11.5 Å². The molecule has 156 valence electrons. The van der Waals surface area contributed by atoms with Gasteiger partial charge in [-0.15, -0.1) is 0 Å². The van der Waals surface area contributed by atoms with Gasteiger partial charge in [0.1, 0.15) is 0 Å². The fourth-order valence-corrected chi connectivity index (χ4v) is 4.26. The number of hydrogen-bond acceptors (Lipinski definition) is 5. The first-order chi connectivity index (χ1) is 13.5. The Labute approximate surface area is 172 Å². The molecule has 2 saturated heterocycles. The Balaban J connectivity index is 1.36. The van der Waals surface area contributed by atoms with Crippen molar-refractivity contribution in [3.05, 3.63) is 22.7 Å². The molecule has 1 aromatic rings. The van der Waals surface area contributed by atoms with Gasteiger partial charge in [-0.05, 0) is 68.8 Å². The molecule has 0 unspecified atom stereocenters. The van der Waals surface area contributed by atoms with Crippen molar-refractivity contribution in [2.75, 3.05) is 33.4 Å². The zero-order valence-electron chi connectivity index (χ0n) is 16.6. The molecule has 1 atom stereocenters. The summed E-state index contributed by atoms with van der Waals surface area (Å²) in [6, 6.07) is 3.63. The molecule has 2 heterocycles. The second kappa shape index (κ2) is 10.3. The monoisotopic (exact) mass is 410 g/mol. The molecule has 0 radical (unpaired) electrons. The van der Waals surface area contributed by atoms with Crippen LogP contribution in [0, 0.1) is 5.92 Å². The first kappa shape index (κ1) is 21.2. The Hall–Kier alpha value is -1.50. The predicted molar refractivity (Wildman–Crippen MR) is 109 cm³/mol. The molecule has 2 N–H and O–H groups in total. The van der Waals surface area contributed by atoms with Crippen molar-refractivity contribution < 1.29 is 19.4 Å². The lowest BCUT2D eigenvalue weighted by Gasteiger charge is -2.32. The van der Waals surface area contributed by atoms with Gasteiger partial charge in [0.25, 0.3) is 0 Å². The van der Waals surface area contributed by atoms with Gasteiger partial charge in [-0.2, -0.15) is 0 Å². The fraction of sp³-hybridized carbons (Fsp3) is 0.667. The lowest BCUT2D eigenvalue weighted by Crippen LogP contribution is -2.34. The number of nitrogens with zero attached hydrogens (tertiary/aromatic N) is 1. The average molecular weight is 411 g/mol. The summed E-state index contributed by atoms with van der Waals surface area (Å²) in [4.78, 5) is 14.4. The maximum absolute atomic E-state index is 12.0.